The highest BCUT2D eigenvalue weighted by molar-refractivity contribution is 5.95. The quantitative estimate of drug-likeness (QED) is 0.113. The molecular formula is C42H50N8O6. The zero-order valence-corrected chi connectivity index (χ0v) is 32.3. The third-order valence-corrected chi connectivity index (χ3v) is 10.5. The fourth-order valence-corrected chi connectivity index (χ4v) is 7.82. The highest BCUT2D eigenvalue weighted by Crippen LogP contribution is 2.39. The van der Waals surface area contributed by atoms with Crippen molar-refractivity contribution < 1.29 is 29.1 Å². The van der Waals surface area contributed by atoms with Gasteiger partial charge < -0.3 is 30.3 Å². The number of carboxylic acid groups (broad SMARTS) is 1. The second-order valence-corrected chi connectivity index (χ2v) is 14.4. The number of aromatic hydroxyl groups is 1. The van der Waals surface area contributed by atoms with E-state index in [9.17, 15) is 14.7 Å². The van der Waals surface area contributed by atoms with Crippen molar-refractivity contribution in [1.82, 2.24) is 30.4 Å². The van der Waals surface area contributed by atoms with Crippen LogP contribution >= 0.6 is 0 Å². The molecular weight excluding hydrogens is 713 g/mol. The van der Waals surface area contributed by atoms with Gasteiger partial charge in [0.2, 0.25) is 11.8 Å². The molecule has 1 fully saturated rings. The van der Waals surface area contributed by atoms with Crippen LogP contribution in [-0.4, -0.2) is 79.2 Å². The third kappa shape index (κ3) is 9.25. The first kappa shape index (κ1) is 39.7. The van der Waals surface area contributed by atoms with Crippen molar-refractivity contribution in [2.24, 2.45) is 5.92 Å². The Bertz CT molecular complexity index is 2100. The first-order valence-electron chi connectivity index (χ1n) is 19.1. The van der Waals surface area contributed by atoms with Crippen LogP contribution in [0.5, 0.6) is 5.75 Å². The SMILES string of the molecule is CCC(=O)N1c2ccccc2[C@H](Nc2ccc(-n3cc(CCNC(=O)C4CCN(Cc5cc(O)cc(-c6c(C)noc6C)c5)CC4)nn3)cc2)C[C@@H]1C.O=CO. The summed E-state index contributed by atoms with van der Waals surface area (Å²) in [4.78, 5) is 38.4. The maximum absolute atomic E-state index is 13.0. The van der Waals surface area contributed by atoms with Gasteiger partial charge in [-0.2, -0.15) is 0 Å². The fraction of sp³-hybridized carbons (Fsp3) is 0.381. The molecule has 14 nitrogen and oxygen atoms in total. The lowest BCUT2D eigenvalue weighted by molar-refractivity contribution is -0.126. The molecule has 0 bridgehead atoms. The summed E-state index contributed by atoms with van der Waals surface area (Å²) in [6.07, 6.45) is 5.36. The van der Waals surface area contributed by atoms with Gasteiger partial charge in [-0.15, -0.1) is 5.10 Å². The molecule has 1 saturated heterocycles. The number of carbonyl (C=O) groups excluding carboxylic acids is 2. The molecule has 7 rings (SSSR count). The normalized spacial score (nSPS) is 17.0. The Kier molecular flexibility index (Phi) is 12.8. The largest absolute Gasteiger partial charge is 0.508 e. The smallest absolute Gasteiger partial charge is 0.290 e. The summed E-state index contributed by atoms with van der Waals surface area (Å²) in [6.45, 7) is 10.4. The summed E-state index contributed by atoms with van der Waals surface area (Å²) in [5.41, 5.74) is 8.43. The number of nitrogens with zero attached hydrogens (tertiary/aromatic N) is 6. The highest BCUT2D eigenvalue weighted by atomic mass is 16.5. The van der Waals surface area contributed by atoms with E-state index < -0.39 is 0 Å². The number of aromatic nitrogens is 4. The molecule has 56 heavy (non-hydrogen) atoms. The molecule has 0 aliphatic carbocycles. The molecule has 2 aromatic heterocycles. The maximum atomic E-state index is 13.0. The summed E-state index contributed by atoms with van der Waals surface area (Å²) in [6, 6.07) is 22.1. The van der Waals surface area contributed by atoms with Crippen LogP contribution in [-0.2, 0) is 27.3 Å². The van der Waals surface area contributed by atoms with Crippen LogP contribution in [0.4, 0.5) is 11.4 Å². The first-order chi connectivity index (χ1) is 27.1. The lowest BCUT2D eigenvalue weighted by atomic mass is 9.91. The van der Waals surface area contributed by atoms with Crippen LogP contribution in [0.1, 0.15) is 73.8 Å². The number of hydrogen-bond donors (Lipinski definition) is 4. The Hall–Kier alpha value is -6.02. The van der Waals surface area contributed by atoms with E-state index in [2.05, 4.69) is 50.1 Å². The molecule has 5 aromatic rings. The third-order valence-electron chi connectivity index (χ3n) is 10.5. The molecule has 2 amide bonds. The summed E-state index contributed by atoms with van der Waals surface area (Å²) < 4.78 is 7.09. The van der Waals surface area contributed by atoms with Crippen molar-refractivity contribution in [3.8, 4) is 22.6 Å². The lowest BCUT2D eigenvalue weighted by Crippen LogP contribution is -2.44. The number of rotatable bonds is 11. The molecule has 294 valence electrons. The summed E-state index contributed by atoms with van der Waals surface area (Å²) >= 11 is 0. The van der Waals surface area contributed by atoms with E-state index in [4.69, 9.17) is 14.4 Å². The van der Waals surface area contributed by atoms with Gasteiger partial charge in [0.15, 0.2) is 0 Å². The molecule has 0 spiro atoms. The number of phenols is 1. The van der Waals surface area contributed by atoms with Gasteiger partial charge in [-0.1, -0.05) is 35.5 Å². The van der Waals surface area contributed by atoms with Gasteiger partial charge in [0, 0.05) is 54.8 Å². The molecule has 4 heterocycles. The Morgan fingerprint density at radius 3 is 2.46 bits per heavy atom. The molecule has 4 N–H and O–H groups in total. The number of benzene rings is 3. The topological polar surface area (TPSA) is 179 Å². The monoisotopic (exact) mass is 762 g/mol. The van der Waals surface area contributed by atoms with Crippen LogP contribution in [0.25, 0.3) is 16.8 Å². The summed E-state index contributed by atoms with van der Waals surface area (Å²) in [5, 5.41) is 36.8. The molecule has 2 aliphatic rings. The van der Waals surface area contributed by atoms with E-state index in [0.29, 0.717) is 25.9 Å². The van der Waals surface area contributed by atoms with Gasteiger partial charge >= 0.3 is 0 Å². The van der Waals surface area contributed by atoms with Crippen molar-refractivity contribution in [2.75, 3.05) is 29.9 Å². The predicted octanol–water partition coefficient (Wildman–Crippen LogP) is 6.20. The number of phenolic OH excluding ortho intramolecular Hbond substituents is 1. The second kappa shape index (κ2) is 18.1. The molecule has 0 radical (unpaired) electrons. The van der Waals surface area contributed by atoms with E-state index in [1.54, 1.807) is 16.8 Å². The van der Waals surface area contributed by atoms with Crippen molar-refractivity contribution in [3.05, 3.63) is 101 Å². The second-order valence-electron chi connectivity index (χ2n) is 14.4. The first-order valence-corrected chi connectivity index (χ1v) is 19.1. The van der Waals surface area contributed by atoms with Gasteiger partial charge in [-0.25, -0.2) is 4.68 Å². The summed E-state index contributed by atoms with van der Waals surface area (Å²) in [7, 11) is 0. The van der Waals surface area contributed by atoms with Crippen LogP contribution < -0.4 is 15.5 Å². The molecule has 2 aliphatic heterocycles. The van der Waals surface area contributed by atoms with Crippen molar-refractivity contribution in [3.63, 3.8) is 0 Å². The Balaban J connectivity index is 0.00000172. The number of anilines is 2. The number of likely N-dealkylation sites (tertiary alicyclic amines) is 1. The van der Waals surface area contributed by atoms with Crippen molar-refractivity contribution >= 4 is 29.7 Å². The zero-order valence-electron chi connectivity index (χ0n) is 32.3. The predicted molar refractivity (Wildman–Crippen MR) is 213 cm³/mol. The van der Waals surface area contributed by atoms with Crippen molar-refractivity contribution in [1.29, 1.82) is 0 Å². The van der Waals surface area contributed by atoms with E-state index in [0.717, 1.165) is 88.8 Å². The van der Waals surface area contributed by atoms with Crippen LogP contribution in [0.3, 0.4) is 0 Å². The number of fused-ring (bicyclic) bond motifs is 1. The van der Waals surface area contributed by atoms with Crippen LogP contribution in [0.2, 0.25) is 0 Å². The van der Waals surface area contributed by atoms with Gasteiger partial charge in [0.05, 0.1) is 29.3 Å². The van der Waals surface area contributed by atoms with Gasteiger partial charge in [-0.05, 0) is 118 Å². The van der Waals surface area contributed by atoms with E-state index in [-0.39, 0.29) is 42.0 Å². The number of para-hydroxylation sites is 1. The van der Waals surface area contributed by atoms with Gasteiger partial charge in [0.1, 0.15) is 11.5 Å². The Morgan fingerprint density at radius 1 is 1.04 bits per heavy atom. The fourth-order valence-electron chi connectivity index (χ4n) is 7.82. The molecule has 3 aromatic carbocycles. The minimum atomic E-state index is -0.250. The molecule has 2 atom stereocenters. The standard InChI is InChI=1S/C41H48N8O4.CH2O2/c1-5-39(51)49-26(2)20-37(36-8-6-7-9-38(36)49)43-32-10-12-34(13-11-32)48-25-33(44-46-48)14-17-42-41(52)30-15-18-47(19-16-30)24-29-21-31(23-35(50)22-29)40-27(3)45-53-28(40)4;2-1-3/h6-13,21-23,25-26,30,37,43,50H,5,14-20,24H2,1-4H3,(H,42,52);1H,(H,2,3)/t26-,37+;/m0./s1. The zero-order chi connectivity index (χ0) is 39.8. The van der Waals surface area contributed by atoms with Crippen LogP contribution in [0, 0.1) is 19.8 Å². The van der Waals surface area contributed by atoms with Crippen molar-refractivity contribution in [2.45, 2.75) is 78.4 Å². The van der Waals surface area contributed by atoms with E-state index in [1.807, 2.05) is 74.3 Å². The van der Waals surface area contributed by atoms with Gasteiger partial charge in [0.25, 0.3) is 6.47 Å². The molecule has 0 unspecified atom stereocenters. The number of carbonyl (C=O) groups is 3. The average Bonchev–Trinajstić information content (AvgIpc) is 3.80. The van der Waals surface area contributed by atoms with Crippen LogP contribution in [0.15, 0.2) is 77.4 Å². The number of hydrogen-bond acceptors (Lipinski definition) is 10. The number of aryl methyl sites for hydroxylation is 2. The van der Waals surface area contributed by atoms with E-state index in [1.165, 1.54) is 0 Å². The average molecular weight is 763 g/mol. The maximum Gasteiger partial charge on any atom is 0.290 e. The Morgan fingerprint density at radius 2 is 1.77 bits per heavy atom. The van der Waals surface area contributed by atoms with E-state index >= 15 is 0 Å². The number of piperidine rings is 1. The minimum Gasteiger partial charge on any atom is -0.508 e. The highest BCUT2D eigenvalue weighted by Gasteiger charge is 2.33. The number of nitrogens with one attached hydrogen (secondary N) is 2. The molecule has 14 heteroatoms. The molecule has 0 saturated carbocycles. The minimum absolute atomic E-state index is 0.0285. The lowest BCUT2D eigenvalue weighted by Gasteiger charge is -2.40. The Labute approximate surface area is 326 Å². The summed E-state index contributed by atoms with van der Waals surface area (Å²) in [5.74, 6) is 1.14. The number of amides is 2. The van der Waals surface area contributed by atoms with Gasteiger partial charge in [-0.3, -0.25) is 19.3 Å².